The lowest BCUT2D eigenvalue weighted by atomic mass is 9.93. The van der Waals surface area contributed by atoms with E-state index in [1.807, 2.05) is 4.90 Å². The van der Waals surface area contributed by atoms with Gasteiger partial charge in [-0.3, -0.25) is 4.79 Å². The predicted molar refractivity (Wildman–Crippen MR) is 100 cm³/mol. The number of rotatable bonds is 3. The van der Waals surface area contributed by atoms with Crippen LogP contribution in [0.2, 0.25) is 0 Å². The Morgan fingerprint density at radius 1 is 1.19 bits per heavy atom. The third kappa shape index (κ3) is 2.97. The number of hydrogen-bond acceptors (Lipinski definition) is 4. The van der Waals surface area contributed by atoms with Crippen LogP contribution in [0.3, 0.4) is 0 Å². The average molecular weight is 349 g/mol. The fourth-order valence-corrected chi connectivity index (χ4v) is 3.71. The predicted octanol–water partition coefficient (Wildman–Crippen LogP) is 2.21. The molecule has 2 aromatic heterocycles. The molecule has 3 aromatic rings. The summed E-state index contributed by atoms with van der Waals surface area (Å²) in [5.41, 5.74) is 3.67. The third-order valence-electron chi connectivity index (χ3n) is 5.20. The van der Waals surface area contributed by atoms with Gasteiger partial charge in [0.2, 0.25) is 0 Å². The average Bonchev–Trinajstić information content (AvgIpc) is 3.26. The first kappa shape index (κ1) is 16.7. The highest BCUT2D eigenvalue weighted by molar-refractivity contribution is 5.93. The summed E-state index contributed by atoms with van der Waals surface area (Å²) >= 11 is 0. The maximum absolute atomic E-state index is 13.0. The Morgan fingerprint density at radius 2 is 1.96 bits per heavy atom. The fraction of sp³-hybridized carbons (Fsp3) is 0.350. The minimum absolute atomic E-state index is 0.0306. The van der Waals surface area contributed by atoms with Crippen LogP contribution < -0.4 is 0 Å². The zero-order chi connectivity index (χ0) is 18.3. The maximum Gasteiger partial charge on any atom is 0.274 e. The highest BCUT2D eigenvalue weighted by Gasteiger charge is 2.38. The number of aromatic nitrogens is 3. The van der Waals surface area contributed by atoms with Crippen LogP contribution in [0.15, 0.2) is 48.8 Å². The Balaban J connectivity index is 1.60. The first-order valence-corrected chi connectivity index (χ1v) is 8.85. The van der Waals surface area contributed by atoms with Crippen molar-refractivity contribution < 1.29 is 4.79 Å². The van der Waals surface area contributed by atoms with Gasteiger partial charge in [-0.05, 0) is 32.6 Å². The summed E-state index contributed by atoms with van der Waals surface area (Å²) in [5, 5.41) is 4.39. The van der Waals surface area contributed by atoms with Gasteiger partial charge in [-0.1, -0.05) is 29.8 Å². The van der Waals surface area contributed by atoms with Crippen molar-refractivity contribution in [3.8, 4) is 0 Å². The highest BCUT2D eigenvalue weighted by Crippen LogP contribution is 2.31. The summed E-state index contributed by atoms with van der Waals surface area (Å²) in [7, 11) is 4.16. The summed E-state index contributed by atoms with van der Waals surface area (Å²) in [5.74, 6) is 0.265. The molecular weight excluding hydrogens is 326 g/mol. The first-order valence-electron chi connectivity index (χ1n) is 8.85. The van der Waals surface area contributed by atoms with E-state index in [0.29, 0.717) is 30.3 Å². The molecule has 0 bridgehead atoms. The molecule has 134 valence electrons. The normalized spacial score (nSPS) is 20.2. The van der Waals surface area contributed by atoms with Crippen molar-refractivity contribution in [3.05, 3.63) is 65.6 Å². The summed E-state index contributed by atoms with van der Waals surface area (Å²) in [4.78, 5) is 21.4. The fourth-order valence-electron chi connectivity index (χ4n) is 3.71. The van der Waals surface area contributed by atoms with Gasteiger partial charge in [-0.25, -0.2) is 9.50 Å². The van der Waals surface area contributed by atoms with Crippen molar-refractivity contribution >= 4 is 11.6 Å². The van der Waals surface area contributed by atoms with E-state index in [2.05, 4.69) is 60.3 Å². The van der Waals surface area contributed by atoms with Gasteiger partial charge in [0.25, 0.3) is 5.91 Å². The van der Waals surface area contributed by atoms with Gasteiger partial charge in [-0.15, -0.1) is 0 Å². The molecule has 26 heavy (non-hydrogen) atoms. The van der Waals surface area contributed by atoms with E-state index in [1.165, 1.54) is 11.1 Å². The van der Waals surface area contributed by atoms with Crippen LogP contribution >= 0.6 is 0 Å². The van der Waals surface area contributed by atoms with Gasteiger partial charge in [0.1, 0.15) is 0 Å². The summed E-state index contributed by atoms with van der Waals surface area (Å²) in [6.45, 7) is 3.49. The Bertz CT molecular complexity index is 898. The molecule has 0 aliphatic carbocycles. The smallest absolute Gasteiger partial charge is 0.274 e. The minimum atomic E-state index is -0.0306. The molecule has 0 saturated carbocycles. The van der Waals surface area contributed by atoms with Crippen LogP contribution in [0.4, 0.5) is 0 Å². The van der Waals surface area contributed by atoms with Crippen LogP contribution in [0.1, 0.15) is 27.5 Å². The van der Waals surface area contributed by atoms with Crippen LogP contribution in [-0.2, 0) is 0 Å². The van der Waals surface area contributed by atoms with E-state index in [1.54, 1.807) is 29.0 Å². The number of likely N-dealkylation sites (tertiary alicyclic amines) is 1. The van der Waals surface area contributed by atoms with Gasteiger partial charge in [-0.2, -0.15) is 5.10 Å². The number of nitrogens with zero attached hydrogens (tertiary/aromatic N) is 5. The monoisotopic (exact) mass is 349 g/mol. The molecule has 1 aliphatic heterocycles. The number of fused-ring (bicyclic) bond motifs is 1. The van der Waals surface area contributed by atoms with Gasteiger partial charge >= 0.3 is 0 Å². The zero-order valence-electron chi connectivity index (χ0n) is 15.3. The standard InChI is InChI=1S/C20H23N5O/c1-14-5-7-15(8-6-14)16-12-24(13-18(16)23(2)3)20(26)17-11-19-21-9-4-10-25(19)22-17/h4-11,16,18H,12-13H2,1-3H3/t16-,18+/m0/s1. The molecule has 3 heterocycles. The molecular formula is C20H23N5O. The molecule has 1 aromatic carbocycles. The van der Waals surface area contributed by atoms with Gasteiger partial charge in [0.05, 0.1) is 0 Å². The molecule has 0 spiro atoms. The molecule has 0 N–H and O–H groups in total. The third-order valence-corrected chi connectivity index (χ3v) is 5.20. The molecule has 1 saturated heterocycles. The summed E-state index contributed by atoms with van der Waals surface area (Å²) in [6.07, 6.45) is 3.51. The molecule has 6 nitrogen and oxygen atoms in total. The van der Waals surface area contributed by atoms with E-state index in [4.69, 9.17) is 0 Å². The van der Waals surface area contributed by atoms with Crippen molar-refractivity contribution in [2.45, 2.75) is 18.9 Å². The van der Waals surface area contributed by atoms with Crippen LogP contribution in [0, 0.1) is 6.92 Å². The number of hydrogen-bond donors (Lipinski definition) is 0. The Morgan fingerprint density at radius 3 is 2.65 bits per heavy atom. The van der Waals surface area contributed by atoms with Crippen molar-refractivity contribution in [1.82, 2.24) is 24.4 Å². The molecule has 1 amide bonds. The van der Waals surface area contributed by atoms with E-state index < -0.39 is 0 Å². The second-order valence-electron chi connectivity index (χ2n) is 7.21. The number of amides is 1. The van der Waals surface area contributed by atoms with Crippen molar-refractivity contribution in [2.24, 2.45) is 0 Å². The first-order chi connectivity index (χ1) is 12.5. The topological polar surface area (TPSA) is 53.7 Å². The van der Waals surface area contributed by atoms with E-state index >= 15 is 0 Å². The molecule has 1 fully saturated rings. The molecule has 6 heteroatoms. The lowest BCUT2D eigenvalue weighted by Crippen LogP contribution is -2.36. The Hall–Kier alpha value is -2.73. The molecule has 4 rings (SSSR count). The lowest BCUT2D eigenvalue weighted by molar-refractivity contribution is 0.0776. The second-order valence-corrected chi connectivity index (χ2v) is 7.21. The largest absolute Gasteiger partial charge is 0.335 e. The van der Waals surface area contributed by atoms with E-state index in [9.17, 15) is 4.79 Å². The lowest BCUT2D eigenvalue weighted by Gasteiger charge is -2.25. The molecule has 0 unspecified atom stereocenters. The summed E-state index contributed by atoms with van der Waals surface area (Å²) in [6, 6.07) is 12.5. The van der Waals surface area contributed by atoms with E-state index in [0.717, 1.165) is 0 Å². The zero-order valence-corrected chi connectivity index (χ0v) is 15.3. The molecule has 2 atom stereocenters. The number of carbonyl (C=O) groups is 1. The van der Waals surface area contributed by atoms with Crippen LogP contribution in [0.25, 0.3) is 5.65 Å². The maximum atomic E-state index is 13.0. The number of carbonyl (C=O) groups excluding carboxylic acids is 1. The van der Waals surface area contributed by atoms with E-state index in [-0.39, 0.29) is 11.9 Å². The van der Waals surface area contributed by atoms with Crippen molar-refractivity contribution in [3.63, 3.8) is 0 Å². The van der Waals surface area contributed by atoms with Crippen LogP contribution in [-0.4, -0.2) is 63.5 Å². The van der Waals surface area contributed by atoms with Crippen molar-refractivity contribution in [1.29, 1.82) is 0 Å². The number of aryl methyl sites for hydroxylation is 1. The molecule has 1 aliphatic rings. The highest BCUT2D eigenvalue weighted by atomic mass is 16.2. The number of likely N-dealkylation sites (N-methyl/N-ethyl adjacent to an activating group) is 1. The second kappa shape index (κ2) is 6.53. The SMILES string of the molecule is Cc1ccc([C@@H]2CN(C(=O)c3cc4ncccn4n3)C[C@H]2N(C)C)cc1. The quantitative estimate of drug-likeness (QED) is 0.727. The van der Waals surface area contributed by atoms with Gasteiger partial charge in [0, 0.05) is 43.5 Å². The van der Waals surface area contributed by atoms with Crippen LogP contribution in [0.5, 0.6) is 0 Å². The Kier molecular flexibility index (Phi) is 4.20. The number of benzene rings is 1. The Labute approximate surface area is 153 Å². The minimum Gasteiger partial charge on any atom is -0.335 e. The van der Waals surface area contributed by atoms with Gasteiger partial charge in [0.15, 0.2) is 11.3 Å². The summed E-state index contributed by atoms with van der Waals surface area (Å²) < 4.78 is 1.64. The van der Waals surface area contributed by atoms with Gasteiger partial charge < -0.3 is 9.80 Å². The van der Waals surface area contributed by atoms with Crippen molar-refractivity contribution in [2.75, 3.05) is 27.2 Å². The molecule has 0 radical (unpaired) electrons.